The topological polar surface area (TPSA) is 85.9 Å². The zero-order valence-corrected chi connectivity index (χ0v) is 14.6. The number of methoxy groups -OCH3 is 2. The van der Waals surface area contributed by atoms with E-state index in [4.69, 9.17) is 25.8 Å². The first kappa shape index (κ1) is 18.4. The molecule has 0 atom stereocenters. The van der Waals surface area contributed by atoms with Gasteiger partial charge < -0.3 is 24.8 Å². The van der Waals surface area contributed by atoms with Crippen LogP contribution in [0.15, 0.2) is 36.4 Å². The number of halogens is 1. The van der Waals surface area contributed by atoms with Crippen molar-refractivity contribution in [2.24, 2.45) is 0 Å². The summed E-state index contributed by atoms with van der Waals surface area (Å²) >= 11 is 6.03. The lowest BCUT2D eigenvalue weighted by atomic mass is 10.2. The number of hydrogen-bond donors (Lipinski definition) is 2. The van der Waals surface area contributed by atoms with Crippen molar-refractivity contribution in [3.8, 4) is 17.2 Å². The van der Waals surface area contributed by atoms with Crippen molar-refractivity contribution in [1.82, 2.24) is 0 Å². The van der Waals surface area contributed by atoms with Gasteiger partial charge >= 0.3 is 12.0 Å². The Labute approximate surface area is 149 Å². The first-order valence-corrected chi connectivity index (χ1v) is 7.58. The number of esters is 1. The summed E-state index contributed by atoms with van der Waals surface area (Å²) < 4.78 is 15.3. The lowest BCUT2D eigenvalue weighted by Gasteiger charge is -2.14. The van der Waals surface area contributed by atoms with E-state index in [2.05, 4.69) is 10.6 Å². The van der Waals surface area contributed by atoms with Crippen molar-refractivity contribution in [3.63, 3.8) is 0 Å². The Kier molecular flexibility index (Phi) is 6.08. The third kappa shape index (κ3) is 5.02. The Morgan fingerprint density at radius 3 is 2.36 bits per heavy atom. The predicted molar refractivity (Wildman–Crippen MR) is 94.9 cm³/mol. The average molecular weight is 365 g/mol. The van der Waals surface area contributed by atoms with Gasteiger partial charge in [-0.1, -0.05) is 17.7 Å². The summed E-state index contributed by atoms with van der Waals surface area (Å²) in [6.45, 7) is 1.30. The Balaban J connectivity index is 2.14. The number of urea groups is 1. The van der Waals surface area contributed by atoms with Crippen molar-refractivity contribution < 1.29 is 23.8 Å². The molecular weight excluding hydrogens is 348 g/mol. The molecule has 0 aliphatic carbocycles. The molecule has 0 saturated heterocycles. The minimum atomic E-state index is -0.511. The second-order valence-corrected chi connectivity index (χ2v) is 5.29. The second kappa shape index (κ2) is 8.25. The third-order valence-corrected chi connectivity index (χ3v) is 3.37. The van der Waals surface area contributed by atoms with Gasteiger partial charge in [-0.15, -0.1) is 0 Å². The summed E-state index contributed by atoms with van der Waals surface area (Å²) in [7, 11) is 2.93. The van der Waals surface area contributed by atoms with Crippen molar-refractivity contribution in [2.75, 3.05) is 24.9 Å². The molecule has 0 aliphatic rings. The van der Waals surface area contributed by atoms with Gasteiger partial charge in [-0.25, -0.2) is 4.79 Å². The molecule has 0 heterocycles. The molecule has 0 aromatic heterocycles. The van der Waals surface area contributed by atoms with Crippen molar-refractivity contribution >= 4 is 35.0 Å². The molecule has 0 radical (unpaired) electrons. The van der Waals surface area contributed by atoms with Gasteiger partial charge in [-0.3, -0.25) is 4.79 Å². The molecule has 2 rings (SSSR count). The molecule has 0 saturated carbocycles. The first-order chi connectivity index (χ1) is 11.9. The van der Waals surface area contributed by atoms with Crippen LogP contribution in [0.1, 0.15) is 6.92 Å². The van der Waals surface area contributed by atoms with Crippen LogP contribution in [0, 0.1) is 0 Å². The lowest BCUT2D eigenvalue weighted by Crippen LogP contribution is -2.20. The Bertz CT molecular complexity index is 795. The van der Waals surface area contributed by atoms with Gasteiger partial charge in [0.05, 0.1) is 24.9 Å². The molecular formula is C17H17ClN2O5. The van der Waals surface area contributed by atoms with Gasteiger partial charge in [0.2, 0.25) is 0 Å². The number of rotatable bonds is 5. The van der Waals surface area contributed by atoms with Crippen LogP contribution in [0.3, 0.4) is 0 Å². The minimum Gasteiger partial charge on any atom is -0.495 e. The number of benzene rings is 2. The summed E-state index contributed by atoms with van der Waals surface area (Å²) in [5.41, 5.74) is 0.841. The van der Waals surface area contributed by atoms with Crippen molar-refractivity contribution in [1.29, 1.82) is 0 Å². The van der Waals surface area contributed by atoms with Crippen LogP contribution in [0.5, 0.6) is 17.2 Å². The van der Waals surface area contributed by atoms with Crippen LogP contribution in [-0.2, 0) is 4.79 Å². The molecule has 7 nitrogen and oxygen atoms in total. The Morgan fingerprint density at radius 1 is 1.00 bits per heavy atom. The smallest absolute Gasteiger partial charge is 0.323 e. The summed E-state index contributed by atoms with van der Waals surface area (Å²) in [6, 6.07) is 9.03. The zero-order valence-electron chi connectivity index (χ0n) is 13.9. The normalized spacial score (nSPS) is 9.92. The van der Waals surface area contributed by atoms with E-state index in [-0.39, 0.29) is 0 Å². The number of nitrogens with one attached hydrogen (secondary N) is 2. The van der Waals surface area contributed by atoms with E-state index in [0.717, 1.165) is 0 Å². The fourth-order valence-electron chi connectivity index (χ4n) is 2.05. The van der Waals surface area contributed by atoms with E-state index in [0.29, 0.717) is 33.6 Å². The maximum Gasteiger partial charge on any atom is 0.323 e. The number of carbonyl (C=O) groups is 2. The van der Waals surface area contributed by atoms with Gasteiger partial charge in [-0.05, 0) is 12.1 Å². The molecule has 2 aromatic rings. The van der Waals surface area contributed by atoms with E-state index in [1.165, 1.54) is 33.3 Å². The molecule has 0 bridgehead atoms. The maximum absolute atomic E-state index is 12.2. The minimum absolute atomic E-state index is 0.330. The SMILES string of the molecule is COc1cc(NC(=O)Nc2cccc(OC(C)=O)c2)c(OC)cc1Cl. The zero-order chi connectivity index (χ0) is 18.4. The van der Waals surface area contributed by atoms with E-state index >= 15 is 0 Å². The number of anilines is 2. The highest BCUT2D eigenvalue weighted by Gasteiger charge is 2.13. The number of amides is 2. The fourth-order valence-corrected chi connectivity index (χ4v) is 2.28. The lowest BCUT2D eigenvalue weighted by molar-refractivity contribution is -0.131. The van der Waals surface area contributed by atoms with E-state index in [1.807, 2.05) is 0 Å². The summed E-state index contributed by atoms with van der Waals surface area (Å²) in [4.78, 5) is 23.2. The van der Waals surface area contributed by atoms with Crippen LogP contribution in [0.2, 0.25) is 5.02 Å². The van der Waals surface area contributed by atoms with Gasteiger partial charge in [0.15, 0.2) is 0 Å². The number of hydrogen-bond acceptors (Lipinski definition) is 5. The molecule has 0 aliphatic heterocycles. The molecule has 8 heteroatoms. The fraction of sp³-hybridized carbons (Fsp3) is 0.176. The molecule has 2 amide bonds. The molecule has 0 unspecified atom stereocenters. The standard InChI is InChI=1S/C17H17ClN2O5/c1-10(21)25-12-6-4-5-11(7-12)19-17(22)20-14-9-15(23-2)13(18)8-16(14)24-3/h4-9H,1-3H3,(H2,19,20,22). The summed E-state index contributed by atoms with van der Waals surface area (Å²) in [6.07, 6.45) is 0. The highest BCUT2D eigenvalue weighted by Crippen LogP contribution is 2.35. The predicted octanol–water partition coefficient (Wildman–Crippen LogP) is 3.93. The van der Waals surface area contributed by atoms with Crippen molar-refractivity contribution in [3.05, 3.63) is 41.4 Å². The monoisotopic (exact) mass is 364 g/mol. The van der Waals surface area contributed by atoms with Crippen LogP contribution in [-0.4, -0.2) is 26.2 Å². The van der Waals surface area contributed by atoms with Crippen molar-refractivity contribution in [2.45, 2.75) is 6.92 Å². The van der Waals surface area contributed by atoms with E-state index < -0.39 is 12.0 Å². The largest absolute Gasteiger partial charge is 0.495 e. The van der Waals surface area contributed by atoms with Crippen LogP contribution in [0.4, 0.5) is 16.2 Å². The average Bonchev–Trinajstić information content (AvgIpc) is 2.55. The highest BCUT2D eigenvalue weighted by atomic mass is 35.5. The van der Waals surface area contributed by atoms with Gasteiger partial charge in [0, 0.05) is 30.8 Å². The van der Waals surface area contributed by atoms with E-state index in [1.54, 1.807) is 24.3 Å². The van der Waals surface area contributed by atoms with Crippen LogP contribution >= 0.6 is 11.6 Å². The molecule has 0 spiro atoms. The van der Waals surface area contributed by atoms with Gasteiger partial charge in [0.1, 0.15) is 17.2 Å². The van der Waals surface area contributed by atoms with Gasteiger partial charge in [0.25, 0.3) is 0 Å². The summed E-state index contributed by atoms with van der Waals surface area (Å²) in [5, 5.41) is 5.65. The molecule has 132 valence electrons. The molecule has 25 heavy (non-hydrogen) atoms. The Morgan fingerprint density at radius 2 is 1.72 bits per heavy atom. The highest BCUT2D eigenvalue weighted by molar-refractivity contribution is 6.32. The van der Waals surface area contributed by atoms with Crippen LogP contribution < -0.4 is 24.8 Å². The quantitative estimate of drug-likeness (QED) is 0.620. The van der Waals surface area contributed by atoms with Gasteiger partial charge in [-0.2, -0.15) is 0 Å². The van der Waals surface area contributed by atoms with E-state index in [9.17, 15) is 9.59 Å². The van der Waals surface area contributed by atoms with Crippen LogP contribution in [0.25, 0.3) is 0 Å². The molecule has 0 fully saturated rings. The molecule has 2 aromatic carbocycles. The Hall–Kier alpha value is -2.93. The maximum atomic E-state index is 12.2. The third-order valence-electron chi connectivity index (χ3n) is 3.08. The number of ether oxygens (including phenoxy) is 3. The second-order valence-electron chi connectivity index (χ2n) is 4.89. The number of carbonyl (C=O) groups excluding carboxylic acids is 2. The first-order valence-electron chi connectivity index (χ1n) is 7.21. The summed E-state index contributed by atoms with van der Waals surface area (Å²) in [5.74, 6) is 0.667. The molecule has 2 N–H and O–H groups in total.